The van der Waals surface area contributed by atoms with Gasteiger partial charge < -0.3 is 0 Å². The molecule has 0 spiro atoms. The molecule has 0 bridgehead atoms. The minimum absolute atomic E-state index is 1.08. The number of unbranched alkanes of at least 4 members (excludes halogenated alkanes) is 4. The molecule has 0 heteroatoms. The minimum atomic E-state index is 1.08. The fourth-order valence-electron chi connectivity index (χ4n) is 7.50. The van der Waals surface area contributed by atoms with Gasteiger partial charge in [0.2, 0.25) is 0 Å². The molecule has 164 valence electrons. The van der Waals surface area contributed by atoms with E-state index in [0.29, 0.717) is 0 Å². The van der Waals surface area contributed by atoms with Gasteiger partial charge >= 0.3 is 0 Å². The molecule has 3 rings (SSSR count). The van der Waals surface area contributed by atoms with Crippen LogP contribution in [0.4, 0.5) is 0 Å². The van der Waals surface area contributed by atoms with Gasteiger partial charge in [0.05, 0.1) is 0 Å². The Bertz CT molecular complexity index is 381. The summed E-state index contributed by atoms with van der Waals surface area (Å²) in [4.78, 5) is 0. The van der Waals surface area contributed by atoms with Crippen molar-refractivity contribution in [2.45, 2.75) is 142 Å². The summed E-state index contributed by atoms with van der Waals surface area (Å²) in [5.41, 5.74) is 0. The summed E-state index contributed by atoms with van der Waals surface area (Å²) in [7, 11) is 0. The lowest BCUT2D eigenvalue weighted by Gasteiger charge is -2.41. The van der Waals surface area contributed by atoms with E-state index in [1.54, 1.807) is 77.0 Å². The first-order valence-electron chi connectivity index (χ1n) is 13.8. The molecule has 0 aromatic rings. The molecule has 28 heavy (non-hydrogen) atoms. The predicted octanol–water partition coefficient (Wildman–Crippen LogP) is 9.57. The van der Waals surface area contributed by atoms with Gasteiger partial charge in [-0.05, 0) is 80.5 Å². The van der Waals surface area contributed by atoms with Crippen LogP contribution in [0, 0.1) is 35.5 Å². The summed E-state index contributed by atoms with van der Waals surface area (Å²) in [6.07, 6.45) is 30.7. The Hall–Kier alpha value is 0. The molecule has 0 unspecified atom stereocenters. The van der Waals surface area contributed by atoms with Crippen LogP contribution in [0.3, 0.4) is 0 Å². The van der Waals surface area contributed by atoms with Crippen molar-refractivity contribution in [3.8, 4) is 0 Å². The summed E-state index contributed by atoms with van der Waals surface area (Å²) >= 11 is 0. The van der Waals surface area contributed by atoms with E-state index in [4.69, 9.17) is 0 Å². The average Bonchev–Trinajstić information content (AvgIpc) is 2.75. The van der Waals surface area contributed by atoms with Crippen LogP contribution >= 0.6 is 0 Å². The zero-order chi connectivity index (χ0) is 19.6. The molecular formula is C28H52. The first-order valence-corrected chi connectivity index (χ1v) is 13.8. The second-order valence-corrected chi connectivity index (χ2v) is 11.2. The predicted molar refractivity (Wildman–Crippen MR) is 125 cm³/mol. The van der Waals surface area contributed by atoms with Gasteiger partial charge in [-0.15, -0.1) is 0 Å². The van der Waals surface area contributed by atoms with Gasteiger partial charge in [-0.25, -0.2) is 0 Å². The molecule has 0 aromatic heterocycles. The van der Waals surface area contributed by atoms with Crippen molar-refractivity contribution in [1.82, 2.24) is 0 Å². The monoisotopic (exact) mass is 388 g/mol. The lowest BCUT2D eigenvalue weighted by Crippen LogP contribution is -2.30. The highest BCUT2D eigenvalue weighted by Gasteiger charge is 2.34. The van der Waals surface area contributed by atoms with Crippen molar-refractivity contribution in [2.75, 3.05) is 0 Å². The highest BCUT2D eigenvalue weighted by molar-refractivity contribution is 4.86. The van der Waals surface area contributed by atoms with E-state index in [0.717, 1.165) is 35.5 Å². The molecular weight excluding hydrogens is 336 g/mol. The molecule has 0 aliphatic heterocycles. The van der Waals surface area contributed by atoms with Gasteiger partial charge in [0, 0.05) is 0 Å². The van der Waals surface area contributed by atoms with E-state index < -0.39 is 0 Å². The molecule has 0 N–H and O–H groups in total. The third-order valence-electron chi connectivity index (χ3n) is 9.28. The maximum atomic E-state index is 2.38. The fourth-order valence-corrected chi connectivity index (χ4v) is 7.50. The van der Waals surface area contributed by atoms with Crippen LogP contribution < -0.4 is 0 Å². The first-order chi connectivity index (χ1) is 13.8. The maximum absolute atomic E-state index is 2.38. The summed E-state index contributed by atoms with van der Waals surface area (Å²) in [5.74, 6) is 6.60. The zero-order valence-electron chi connectivity index (χ0n) is 19.6. The van der Waals surface area contributed by atoms with E-state index in [9.17, 15) is 0 Å². The third kappa shape index (κ3) is 7.05. The highest BCUT2D eigenvalue weighted by Crippen LogP contribution is 2.46. The minimum Gasteiger partial charge on any atom is -0.0654 e. The molecule has 0 nitrogen and oxygen atoms in total. The molecule has 3 saturated carbocycles. The molecule has 0 radical (unpaired) electrons. The van der Waals surface area contributed by atoms with E-state index >= 15 is 0 Å². The summed E-state index contributed by atoms with van der Waals surface area (Å²) in [6.45, 7) is 4.71. The van der Waals surface area contributed by atoms with Crippen molar-refractivity contribution >= 4 is 0 Å². The van der Waals surface area contributed by atoms with Gasteiger partial charge in [0.1, 0.15) is 0 Å². The normalized spacial score (nSPS) is 37.1. The van der Waals surface area contributed by atoms with Gasteiger partial charge in [0.25, 0.3) is 0 Å². The molecule has 0 amide bonds. The topological polar surface area (TPSA) is 0 Å². The molecule has 3 aliphatic carbocycles. The van der Waals surface area contributed by atoms with Crippen LogP contribution in [0.2, 0.25) is 0 Å². The molecule has 0 heterocycles. The van der Waals surface area contributed by atoms with Crippen LogP contribution in [-0.4, -0.2) is 0 Å². The fraction of sp³-hybridized carbons (Fsp3) is 1.00. The smallest absolute Gasteiger partial charge is 0.0383 e. The largest absolute Gasteiger partial charge is 0.0654 e. The van der Waals surface area contributed by atoms with Crippen molar-refractivity contribution in [3.63, 3.8) is 0 Å². The van der Waals surface area contributed by atoms with Crippen LogP contribution in [0.15, 0.2) is 0 Å². The van der Waals surface area contributed by atoms with Crippen molar-refractivity contribution in [3.05, 3.63) is 0 Å². The molecule has 0 aromatic carbocycles. The summed E-state index contributed by atoms with van der Waals surface area (Å²) < 4.78 is 0. The Balaban J connectivity index is 1.30. The SMILES string of the molecule is CCCCCCC[C@H]1CC[C@H](C2CCC([C@@H]3CCC[C@H](CCC)C3)CC2)CC1. The van der Waals surface area contributed by atoms with Crippen molar-refractivity contribution in [2.24, 2.45) is 35.5 Å². The average molecular weight is 389 g/mol. The molecule has 0 saturated heterocycles. The number of hydrogen-bond donors (Lipinski definition) is 0. The van der Waals surface area contributed by atoms with Crippen molar-refractivity contribution < 1.29 is 0 Å². The number of hydrogen-bond acceptors (Lipinski definition) is 0. The van der Waals surface area contributed by atoms with Crippen LogP contribution in [-0.2, 0) is 0 Å². The molecule has 3 aliphatic rings. The van der Waals surface area contributed by atoms with E-state index in [-0.39, 0.29) is 0 Å². The van der Waals surface area contributed by atoms with Gasteiger partial charge in [-0.1, -0.05) is 97.3 Å². The molecule has 3 fully saturated rings. The van der Waals surface area contributed by atoms with E-state index in [1.807, 2.05) is 0 Å². The lowest BCUT2D eigenvalue weighted by molar-refractivity contribution is 0.0983. The Morgan fingerprint density at radius 3 is 1.71 bits per heavy atom. The maximum Gasteiger partial charge on any atom is -0.0383 e. The Morgan fingerprint density at radius 2 is 1.07 bits per heavy atom. The lowest BCUT2D eigenvalue weighted by atomic mass is 9.64. The molecule has 2 atom stereocenters. The zero-order valence-corrected chi connectivity index (χ0v) is 19.6. The summed E-state index contributed by atoms with van der Waals surface area (Å²) in [6, 6.07) is 0. The first kappa shape index (κ1) is 22.7. The van der Waals surface area contributed by atoms with Gasteiger partial charge in [-0.3, -0.25) is 0 Å². The standard InChI is InChI=1S/C28H52/c1-3-5-6-7-8-11-23-14-16-25(17-15-23)26-18-20-27(21-19-26)28-13-9-12-24(22-28)10-4-2/h23-28H,3-22H2,1-2H3/t23-,24-,25-,26?,27?,28+/m0/s1. The second-order valence-electron chi connectivity index (χ2n) is 11.2. The second kappa shape index (κ2) is 12.6. The van der Waals surface area contributed by atoms with Crippen LogP contribution in [0.1, 0.15) is 142 Å². The quantitative estimate of drug-likeness (QED) is 0.327. The highest BCUT2D eigenvalue weighted by atomic mass is 14.4. The van der Waals surface area contributed by atoms with Crippen molar-refractivity contribution in [1.29, 1.82) is 0 Å². The number of rotatable bonds is 10. The Morgan fingerprint density at radius 1 is 0.464 bits per heavy atom. The summed E-state index contributed by atoms with van der Waals surface area (Å²) in [5, 5.41) is 0. The van der Waals surface area contributed by atoms with Gasteiger partial charge in [-0.2, -0.15) is 0 Å². The Labute approximate surface area is 178 Å². The van der Waals surface area contributed by atoms with Crippen LogP contribution in [0.5, 0.6) is 0 Å². The van der Waals surface area contributed by atoms with Gasteiger partial charge in [0.15, 0.2) is 0 Å². The van der Waals surface area contributed by atoms with E-state index in [2.05, 4.69) is 13.8 Å². The third-order valence-corrected chi connectivity index (χ3v) is 9.28. The van der Waals surface area contributed by atoms with Crippen LogP contribution in [0.25, 0.3) is 0 Å². The van der Waals surface area contributed by atoms with E-state index in [1.165, 1.54) is 51.4 Å². The Kier molecular flexibility index (Phi) is 10.2.